The van der Waals surface area contributed by atoms with Gasteiger partial charge in [0.15, 0.2) is 0 Å². The maximum absolute atomic E-state index is 11.9. The first kappa shape index (κ1) is 12.5. The Kier molecular flexibility index (Phi) is 4.09. The van der Waals surface area contributed by atoms with Crippen molar-refractivity contribution in [3.8, 4) is 0 Å². The summed E-state index contributed by atoms with van der Waals surface area (Å²) in [7, 11) is 1.66. The van der Waals surface area contributed by atoms with Crippen molar-refractivity contribution in [2.45, 2.75) is 18.6 Å². The number of carbonyl (C=O) groups excluding carboxylic acids is 1. The van der Waals surface area contributed by atoms with E-state index in [0.29, 0.717) is 23.4 Å². The lowest BCUT2D eigenvalue weighted by Gasteiger charge is -2.10. The highest BCUT2D eigenvalue weighted by molar-refractivity contribution is 9.10. The zero-order valence-corrected chi connectivity index (χ0v) is 11.0. The minimum absolute atomic E-state index is 0.0739. The fourth-order valence-corrected chi connectivity index (χ4v) is 2.12. The largest absolute Gasteiger partial charge is 0.380 e. The summed E-state index contributed by atoms with van der Waals surface area (Å²) in [6, 6.07) is 5.18. The van der Waals surface area contributed by atoms with E-state index in [1.54, 1.807) is 13.2 Å². The second-order valence-corrected chi connectivity index (χ2v) is 4.70. The summed E-state index contributed by atoms with van der Waals surface area (Å²) in [6.07, 6.45) is 0.803. The molecule has 1 amide bonds. The molecule has 17 heavy (non-hydrogen) atoms. The topological polar surface area (TPSA) is 63.2 Å². The fraction of sp³-hybridized carbons (Fsp3) is 0.455. The summed E-state index contributed by atoms with van der Waals surface area (Å²) in [6.45, 7) is 0.709. The highest BCUT2D eigenvalue weighted by atomic mass is 79.9. The molecule has 0 saturated carbocycles. The molecule has 1 aliphatic heterocycles. The number of halogens is 1. The summed E-state index contributed by atoms with van der Waals surface area (Å²) in [4.78, 5) is 16.1. The van der Waals surface area contributed by atoms with E-state index < -0.39 is 0 Å². The molecule has 0 spiro atoms. The lowest BCUT2D eigenvalue weighted by Crippen LogP contribution is -2.35. The Hall–Kier alpha value is -0.980. The molecule has 5 nitrogen and oxygen atoms in total. The van der Waals surface area contributed by atoms with Crippen LogP contribution in [0.25, 0.3) is 0 Å². The van der Waals surface area contributed by atoms with Crippen molar-refractivity contribution in [3.05, 3.63) is 22.8 Å². The monoisotopic (exact) mass is 299 g/mol. The number of rotatable bonds is 3. The van der Waals surface area contributed by atoms with Crippen LogP contribution < -0.4 is 10.6 Å². The van der Waals surface area contributed by atoms with Gasteiger partial charge in [-0.2, -0.15) is 0 Å². The van der Waals surface area contributed by atoms with E-state index in [0.717, 1.165) is 0 Å². The number of methoxy groups -OCH3 is 1. The number of anilines is 1. The van der Waals surface area contributed by atoms with Gasteiger partial charge in [0.05, 0.1) is 12.1 Å². The molecule has 1 aromatic rings. The van der Waals surface area contributed by atoms with Gasteiger partial charge in [-0.3, -0.25) is 4.79 Å². The van der Waals surface area contributed by atoms with E-state index in [9.17, 15) is 4.79 Å². The highest BCUT2D eigenvalue weighted by Crippen LogP contribution is 2.13. The lowest BCUT2D eigenvalue weighted by molar-refractivity contribution is -0.118. The molecule has 2 N–H and O–H groups in total. The molecule has 1 saturated heterocycles. The van der Waals surface area contributed by atoms with Crippen LogP contribution in [0.5, 0.6) is 0 Å². The molecular formula is C11H14BrN3O2. The third-order valence-electron chi connectivity index (χ3n) is 2.71. The molecule has 2 atom stereocenters. The first-order chi connectivity index (χ1) is 8.19. The average Bonchev–Trinajstić information content (AvgIpc) is 2.77. The fourth-order valence-electron chi connectivity index (χ4n) is 1.77. The summed E-state index contributed by atoms with van der Waals surface area (Å²) in [5.41, 5.74) is 0. The van der Waals surface area contributed by atoms with Crippen LogP contribution in [0.1, 0.15) is 6.42 Å². The second kappa shape index (κ2) is 5.57. The summed E-state index contributed by atoms with van der Waals surface area (Å²) in [5, 5.41) is 5.89. The molecule has 1 aromatic heterocycles. The summed E-state index contributed by atoms with van der Waals surface area (Å²) < 4.78 is 5.89. The Bertz CT molecular complexity index is 413. The number of hydrogen-bond donors (Lipinski definition) is 2. The Morgan fingerprint density at radius 2 is 2.47 bits per heavy atom. The van der Waals surface area contributed by atoms with E-state index in [4.69, 9.17) is 4.74 Å². The molecule has 1 fully saturated rings. The number of amides is 1. The third-order valence-corrected chi connectivity index (χ3v) is 3.15. The minimum atomic E-state index is -0.208. The highest BCUT2D eigenvalue weighted by Gasteiger charge is 2.29. The molecule has 92 valence electrons. The van der Waals surface area contributed by atoms with Crippen molar-refractivity contribution in [2.75, 3.05) is 19.0 Å². The molecule has 2 heterocycles. The van der Waals surface area contributed by atoms with Crippen LogP contribution in [0.15, 0.2) is 22.8 Å². The first-order valence-electron chi connectivity index (χ1n) is 5.38. The number of ether oxygens (including phenoxy) is 1. The van der Waals surface area contributed by atoms with Crippen LogP contribution >= 0.6 is 15.9 Å². The zero-order chi connectivity index (χ0) is 12.3. The summed E-state index contributed by atoms with van der Waals surface area (Å²) in [5.74, 6) is 0.474. The van der Waals surface area contributed by atoms with Gasteiger partial charge in [-0.1, -0.05) is 6.07 Å². The Morgan fingerprint density at radius 3 is 3.12 bits per heavy atom. The van der Waals surface area contributed by atoms with Gasteiger partial charge in [-0.25, -0.2) is 4.98 Å². The smallest absolute Gasteiger partial charge is 0.242 e. The van der Waals surface area contributed by atoms with Gasteiger partial charge in [0.25, 0.3) is 0 Å². The van der Waals surface area contributed by atoms with Gasteiger partial charge in [0, 0.05) is 13.7 Å². The average molecular weight is 300 g/mol. The van der Waals surface area contributed by atoms with Crippen LogP contribution in [-0.2, 0) is 9.53 Å². The van der Waals surface area contributed by atoms with Gasteiger partial charge in [-0.05, 0) is 34.5 Å². The van der Waals surface area contributed by atoms with Crippen molar-refractivity contribution in [2.24, 2.45) is 0 Å². The lowest BCUT2D eigenvalue weighted by atomic mass is 10.2. The number of pyridine rings is 1. The Labute approximate surface area is 108 Å². The third kappa shape index (κ3) is 3.24. The maximum atomic E-state index is 11.9. The molecule has 0 aliphatic carbocycles. The van der Waals surface area contributed by atoms with Crippen molar-refractivity contribution in [1.29, 1.82) is 0 Å². The Morgan fingerprint density at radius 1 is 1.65 bits per heavy atom. The van der Waals surface area contributed by atoms with E-state index in [-0.39, 0.29) is 18.1 Å². The van der Waals surface area contributed by atoms with E-state index in [1.165, 1.54) is 0 Å². The molecule has 2 rings (SSSR count). The normalized spacial score (nSPS) is 23.6. The van der Waals surface area contributed by atoms with Crippen molar-refractivity contribution >= 4 is 27.7 Å². The molecule has 6 heteroatoms. The van der Waals surface area contributed by atoms with E-state index in [2.05, 4.69) is 31.5 Å². The first-order valence-corrected chi connectivity index (χ1v) is 6.18. The van der Waals surface area contributed by atoms with Crippen LogP contribution in [0.2, 0.25) is 0 Å². The molecule has 1 aliphatic rings. The number of nitrogens with one attached hydrogen (secondary N) is 2. The molecule has 2 unspecified atom stereocenters. The number of hydrogen-bond acceptors (Lipinski definition) is 4. The number of nitrogens with zero attached hydrogens (tertiary/aromatic N) is 1. The predicted octanol–water partition coefficient (Wildman–Crippen LogP) is 1.16. The van der Waals surface area contributed by atoms with Crippen molar-refractivity contribution < 1.29 is 9.53 Å². The zero-order valence-electron chi connectivity index (χ0n) is 9.44. The predicted molar refractivity (Wildman–Crippen MR) is 67.8 cm³/mol. The van der Waals surface area contributed by atoms with Crippen LogP contribution in [-0.4, -0.2) is 36.7 Å². The number of carbonyl (C=O) groups is 1. The molecule has 0 aromatic carbocycles. The maximum Gasteiger partial charge on any atom is 0.242 e. The van der Waals surface area contributed by atoms with E-state index in [1.807, 2.05) is 12.1 Å². The van der Waals surface area contributed by atoms with Gasteiger partial charge in [0.2, 0.25) is 5.91 Å². The second-order valence-electron chi connectivity index (χ2n) is 3.89. The Balaban J connectivity index is 1.93. The van der Waals surface area contributed by atoms with E-state index >= 15 is 0 Å². The van der Waals surface area contributed by atoms with Crippen molar-refractivity contribution in [3.63, 3.8) is 0 Å². The minimum Gasteiger partial charge on any atom is -0.380 e. The van der Waals surface area contributed by atoms with Crippen molar-refractivity contribution in [1.82, 2.24) is 10.3 Å². The number of aromatic nitrogens is 1. The SMILES string of the molecule is COC1CNC(C(=O)Nc2cccc(Br)n2)C1. The molecular weight excluding hydrogens is 286 g/mol. The van der Waals surface area contributed by atoms with Gasteiger partial charge < -0.3 is 15.4 Å². The molecule has 0 radical (unpaired) electrons. The summed E-state index contributed by atoms with van der Waals surface area (Å²) >= 11 is 3.26. The standard InChI is InChI=1S/C11H14BrN3O2/c1-17-7-5-8(13-6-7)11(16)15-10-4-2-3-9(12)14-10/h2-4,7-8,13H,5-6H2,1H3,(H,14,15,16). The molecule has 0 bridgehead atoms. The van der Waals surface area contributed by atoms with Crippen LogP contribution in [0, 0.1) is 0 Å². The van der Waals surface area contributed by atoms with Gasteiger partial charge in [0.1, 0.15) is 10.4 Å². The van der Waals surface area contributed by atoms with Gasteiger partial charge >= 0.3 is 0 Å². The van der Waals surface area contributed by atoms with Crippen LogP contribution in [0.4, 0.5) is 5.82 Å². The quantitative estimate of drug-likeness (QED) is 0.822. The van der Waals surface area contributed by atoms with Gasteiger partial charge in [-0.15, -0.1) is 0 Å². The van der Waals surface area contributed by atoms with Crippen LogP contribution in [0.3, 0.4) is 0 Å².